The molecule has 5 rings (SSSR count). The average molecular weight is 491 g/mol. The lowest BCUT2D eigenvalue weighted by Crippen LogP contribution is -2.20. The van der Waals surface area contributed by atoms with Gasteiger partial charge in [0.2, 0.25) is 5.91 Å². The van der Waals surface area contributed by atoms with Crippen molar-refractivity contribution < 1.29 is 13.6 Å². The van der Waals surface area contributed by atoms with Crippen molar-refractivity contribution in [2.45, 2.75) is 33.4 Å². The number of amides is 1. The molecule has 5 aromatic rings. The van der Waals surface area contributed by atoms with E-state index in [4.69, 9.17) is 0 Å². The van der Waals surface area contributed by atoms with E-state index < -0.39 is 12.3 Å². The highest BCUT2D eigenvalue weighted by Gasteiger charge is 2.22. The first-order valence-electron chi connectivity index (χ1n) is 11.3. The van der Waals surface area contributed by atoms with Gasteiger partial charge in [0.25, 0.3) is 6.43 Å². The maximum absolute atomic E-state index is 14.0. The van der Waals surface area contributed by atoms with Gasteiger partial charge in [0, 0.05) is 36.1 Å². The number of aryl methyl sites for hydroxylation is 3. The maximum atomic E-state index is 14.0. The normalized spacial score (nSPS) is 11.5. The Bertz CT molecular complexity index is 1550. The predicted molar refractivity (Wildman–Crippen MR) is 131 cm³/mol. The fourth-order valence-electron chi connectivity index (χ4n) is 4.18. The number of carbonyl (C=O) groups is 1. The van der Waals surface area contributed by atoms with Crippen molar-refractivity contribution in [1.29, 1.82) is 0 Å². The molecule has 9 nitrogen and oxygen atoms in total. The number of nitrogens with one attached hydrogen (secondary N) is 1. The van der Waals surface area contributed by atoms with Gasteiger partial charge in [0.15, 0.2) is 11.5 Å². The predicted octanol–water partition coefficient (Wildman–Crippen LogP) is 4.27. The molecule has 4 aromatic heterocycles. The lowest BCUT2D eigenvalue weighted by atomic mass is 10.1. The van der Waals surface area contributed by atoms with E-state index in [1.807, 2.05) is 37.3 Å². The van der Waals surface area contributed by atoms with Gasteiger partial charge >= 0.3 is 0 Å². The highest BCUT2D eigenvalue weighted by atomic mass is 19.3. The van der Waals surface area contributed by atoms with E-state index in [2.05, 4.69) is 25.6 Å². The van der Waals surface area contributed by atoms with E-state index in [0.29, 0.717) is 29.3 Å². The van der Waals surface area contributed by atoms with Gasteiger partial charge in [-0.2, -0.15) is 15.3 Å². The largest absolute Gasteiger partial charge is 0.308 e. The van der Waals surface area contributed by atoms with Gasteiger partial charge in [0.05, 0.1) is 29.5 Å². The van der Waals surface area contributed by atoms with Crippen molar-refractivity contribution >= 4 is 22.8 Å². The van der Waals surface area contributed by atoms with Crippen LogP contribution in [0.25, 0.3) is 22.3 Å². The van der Waals surface area contributed by atoms with E-state index in [1.54, 1.807) is 41.8 Å². The molecule has 0 unspecified atom stereocenters. The highest BCUT2D eigenvalue weighted by Crippen LogP contribution is 2.33. The zero-order valence-electron chi connectivity index (χ0n) is 20.0. The Morgan fingerprint density at radius 3 is 2.56 bits per heavy atom. The van der Waals surface area contributed by atoms with Crippen molar-refractivity contribution in [2.24, 2.45) is 7.05 Å². The second-order valence-corrected chi connectivity index (χ2v) is 8.60. The van der Waals surface area contributed by atoms with Crippen LogP contribution in [0.1, 0.15) is 28.9 Å². The molecule has 0 saturated carbocycles. The minimum absolute atomic E-state index is 0.182. The molecule has 36 heavy (non-hydrogen) atoms. The fourth-order valence-corrected chi connectivity index (χ4v) is 4.18. The molecule has 0 saturated heterocycles. The molecule has 1 N–H and O–H groups in total. The van der Waals surface area contributed by atoms with Gasteiger partial charge in [-0.3, -0.25) is 14.2 Å². The molecule has 184 valence electrons. The summed E-state index contributed by atoms with van der Waals surface area (Å²) in [6, 6.07) is 13.0. The van der Waals surface area contributed by atoms with E-state index in [0.717, 1.165) is 11.3 Å². The molecule has 0 radical (unpaired) electrons. The van der Waals surface area contributed by atoms with E-state index in [9.17, 15) is 13.6 Å². The Morgan fingerprint density at radius 2 is 1.86 bits per heavy atom. The van der Waals surface area contributed by atoms with Gasteiger partial charge in [-0.15, -0.1) is 0 Å². The van der Waals surface area contributed by atoms with Crippen LogP contribution >= 0.6 is 0 Å². The summed E-state index contributed by atoms with van der Waals surface area (Å²) in [6.45, 7) is 3.90. The number of fused-ring (bicyclic) bond motifs is 1. The molecule has 1 amide bonds. The second kappa shape index (κ2) is 9.33. The minimum atomic E-state index is -2.73. The molecule has 0 spiro atoms. The van der Waals surface area contributed by atoms with Crippen molar-refractivity contribution in [2.75, 3.05) is 5.32 Å². The Kier molecular flexibility index (Phi) is 6.05. The number of nitrogens with zero attached hydrogens (tertiary/aromatic N) is 7. The van der Waals surface area contributed by atoms with Crippen molar-refractivity contribution in [1.82, 2.24) is 34.3 Å². The lowest BCUT2D eigenvalue weighted by Gasteiger charge is -2.08. The van der Waals surface area contributed by atoms with E-state index in [-0.39, 0.29) is 23.1 Å². The first-order valence-corrected chi connectivity index (χ1v) is 11.3. The Balaban J connectivity index is 1.42. The summed E-state index contributed by atoms with van der Waals surface area (Å²) in [6.07, 6.45) is 0.517. The van der Waals surface area contributed by atoms with Crippen LogP contribution < -0.4 is 5.32 Å². The number of hydrogen-bond acceptors (Lipinski definition) is 5. The van der Waals surface area contributed by atoms with Gasteiger partial charge < -0.3 is 5.32 Å². The Labute approximate surface area is 205 Å². The molecule has 4 heterocycles. The van der Waals surface area contributed by atoms with Gasteiger partial charge in [-0.1, -0.05) is 30.3 Å². The third-order valence-corrected chi connectivity index (χ3v) is 5.86. The smallest absolute Gasteiger partial charge is 0.264 e. The molecule has 0 aliphatic heterocycles. The minimum Gasteiger partial charge on any atom is -0.308 e. The summed E-state index contributed by atoms with van der Waals surface area (Å²) in [7, 11) is 1.73. The van der Waals surface area contributed by atoms with Crippen molar-refractivity contribution in [3.8, 4) is 11.3 Å². The Hall–Kier alpha value is -4.41. The summed E-state index contributed by atoms with van der Waals surface area (Å²) in [4.78, 5) is 17.4. The molecular weight excluding hydrogens is 466 g/mol. The number of alkyl halides is 2. The third-order valence-electron chi connectivity index (χ3n) is 5.86. The van der Waals surface area contributed by atoms with Crippen LogP contribution in [0, 0.1) is 13.8 Å². The molecule has 1 aromatic carbocycles. The quantitative estimate of drug-likeness (QED) is 0.368. The summed E-state index contributed by atoms with van der Waals surface area (Å²) >= 11 is 0. The summed E-state index contributed by atoms with van der Waals surface area (Å²) in [5.41, 5.74) is 3.31. The zero-order valence-corrected chi connectivity index (χ0v) is 20.0. The number of benzene rings is 1. The number of carbonyl (C=O) groups excluding carboxylic acids is 1. The average Bonchev–Trinajstić information content (AvgIpc) is 3.51. The summed E-state index contributed by atoms with van der Waals surface area (Å²) < 4.78 is 32.6. The third kappa shape index (κ3) is 4.59. The van der Waals surface area contributed by atoms with Crippen LogP contribution in [0.4, 0.5) is 14.6 Å². The van der Waals surface area contributed by atoms with Gasteiger partial charge in [-0.25, -0.2) is 18.4 Å². The molecule has 0 aliphatic carbocycles. The number of halogens is 2. The maximum Gasteiger partial charge on any atom is 0.264 e. The summed E-state index contributed by atoms with van der Waals surface area (Å²) in [5, 5.41) is 15.9. The number of aromatic nitrogens is 7. The zero-order chi connectivity index (χ0) is 25.4. The number of hydrogen-bond donors (Lipinski definition) is 1. The molecule has 0 atom stereocenters. The van der Waals surface area contributed by atoms with Crippen LogP contribution in [0.5, 0.6) is 0 Å². The Morgan fingerprint density at radius 1 is 1.08 bits per heavy atom. The van der Waals surface area contributed by atoms with Gasteiger partial charge in [0.1, 0.15) is 6.54 Å². The fraction of sp³-hybridized carbons (Fsp3) is 0.240. The number of pyridine rings is 1. The van der Waals surface area contributed by atoms with E-state index >= 15 is 0 Å². The van der Waals surface area contributed by atoms with Crippen LogP contribution in [0.15, 0.2) is 54.9 Å². The van der Waals surface area contributed by atoms with Crippen molar-refractivity contribution in [3.63, 3.8) is 0 Å². The van der Waals surface area contributed by atoms with E-state index in [1.165, 1.54) is 10.7 Å². The first kappa shape index (κ1) is 23.3. The highest BCUT2D eigenvalue weighted by molar-refractivity contribution is 5.91. The molecule has 0 aliphatic rings. The van der Waals surface area contributed by atoms with Crippen molar-refractivity contribution in [3.05, 3.63) is 77.4 Å². The number of anilines is 1. The van der Waals surface area contributed by atoms with Crippen LogP contribution in [0.3, 0.4) is 0 Å². The molecular formula is C25H24F2N8O. The number of rotatable bonds is 7. The van der Waals surface area contributed by atoms with Crippen LogP contribution in [-0.4, -0.2) is 40.2 Å². The van der Waals surface area contributed by atoms with Crippen LogP contribution in [0.2, 0.25) is 0 Å². The lowest BCUT2D eigenvalue weighted by molar-refractivity contribution is -0.116. The SMILES string of the molecule is Cc1nn(CC(=O)Nc2cc(C)n(Cc3ccccc3)n2)c2nc(-c3cnn(C)c3)cc(C(F)F)c12. The standard InChI is InChI=1S/C25H24F2N8O/c1-15-9-21(32-34(15)12-17-7-5-4-6-8-17)30-22(36)14-35-25-23(16(2)31-35)19(24(26)27)10-20(29-25)18-11-28-33(3)13-18/h4-11,13,24H,12,14H2,1-3H3,(H,30,32,36). The van der Waals surface area contributed by atoms with Crippen LogP contribution in [-0.2, 0) is 24.9 Å². The first-order chi connectivity index (χ1) is 17.3. The van der Waals surface area contributed by atoms with Gasteiger partial charge in [-0.05, 0) is 25.5 Å². The second-order valence-electron chi connectivity index (χ2n) is 8.60. The molecule has 11 heteroatoms. The monoisotopic (exact) mass is 490 g/mol. The summed E-state index contributed by atoms with van der Waals surface area (Å²) in [5.74, 6) is 0.00910. The molecule has 0 bridgehead atoms. The molecule has 0 fully saturated rings. The topological polar surface area (TPSA) is 95.5 Å².